The van der Waals surface area contributed by atoms with E-state index in [1.807, 2.05) is 48.5 Å². The van der Waals surface area contributed by atoms with Crippen LogP contribution in [0.1, 0.15) is 17.0 Å². The second-order valence-electron chi connectivity index (χ2n) is 7.99. The summed E-state index contributed by atoms with van der Waals surface area (Å²) in [5, 5.41) is 15.2. The number of hydrogen-bond donors (Lipinski definition) is 2. The average molecular weight is 451 g/mol. The molecule has 0 amide bonds. The Bertz CT molecular complexity index is 1480. The lowest BCUT2D eigenvalue weighted by Crippen LogP contribution is -2.00. The van der Waals surface area contributed by atoms with E-state index in [1.54, 1.807) is 18.3 Å². The Morgan fingerprint density at radius 3 is 2.35 bits per heavy atom. The van der Waals surface area contributed by atoms with Crippen molar-refractivity contribution >= 4 is 28.9 Å². The lowest BCUT2D eigenvalue weighted by Gasteiger charge is -2.11. The highest BCUT2D eigenvalue weighted by Crippen LogP contribution is 2.26. The number of aryl methyl sites for hydroxylation is 1. The topological polar surface area (TPSA) is 101 Å². The fourth-order valence-corrected chi connectivity index (χ4v) is 4.06. The molecule has 8 heteroatoms. The molecule has 0 aliphatic heterocycles. The summed E-state index contributed by atoms with van der Waals surface area (Å²) in [6, 6.07) is 24.6. The zero-order valence-electron chi connectivity index (χ0n) is 18.7. The number of fused-ring (bicyclic) bond motifs is 1. The standard InChI is InChI=1S/C26H22N6O2/c1-17-15-21(16-27-30-26-28-24-5-3-4-6-25(24)29-26)18(2)31(17)22-11-7-19(8-12-22)20-9-13-23(14-10-20)32(33)34/h3-16H,1-2H3,(H2,28,29,30)/b27-16-. The molecule has 2 N–H and O–H groups in total. The fraction of sp³-hybridized carbons (Fsp3) is 0.0769. The molecule has 0 fully saturated rings. The molecule has 0 saturated heterocycles. The summed E-state index contributed by atoms with van der Waals surface area (Å²) in [5.74, 6) is 0.591. The third-order valence-electron chi connectivity index (χ3n) is 5.77. The van der Waals surface area contributed by atoms with Gasteiger partial charge in [0.15, 0.2) is 0 Å². The highest BCUT2D eigenvalue weighted by atomic mass is 16.6. The number of anilines is 1. The molecule has 0 radical (unpaired) electrons. The third-order valence-corrected chi connectivity index (χ3v) is 5.77. The van der Waals surface area contributed by atoms with Gasteiger partial charge >= 0.3 is 0 Å². The van der Waals surface area contributed by atoms with Gasteiger partial charge in [-0.3, -0.25) is 10.1 Å². The molecule has 0 bridgehead atoms. The Morgan fingerprint density at radius 1 is 1.00 bits per heavy atom. The van der Waals surface area contributed by atoms with Crippen LogP contribution in [0.4, 0.5) is 11.6 Å². The van der Waals surface area contributed by atoms with Gasteiger partial charge in [-0.2, -0.15) is 5.10 Å². The van der Waals surface area contributed by atoms with Gasteiger partial charge in [-0.15, -0.1) is 0 Å². The minimum absolute atomic E-state index is 0.0861. The van der Waals surface area contributed by atoms with Crippen molar-refractivity contribution in [1.82, 2.24) is 14.5 Å². The van der Waals surface area contributed by atoms with Gasteiger partial charge in [0.25, 0.3) is 5.69 Å². The second-order valence-corrected chi connectivity index (χ2v) is 7.99. The van der Waals surface area contributed by atoms with Crippen LogP contribution in [-0.2, 0) is 0 Å². The molecule has 168 valence electrons. The molecule has 0 atom stereocenters. The number of benzene rings is 3. The number of hydrogen-bond acceptors (Lipinski definition) is 5. The van der Waals surface area contributed by atoms with Crippen molar-refractivity contribution in [2.75, 3.05) is 5.43 Å². The molecule has 0 aliphatic carbocycles. The van der Waals surface area contributed by atoms with E-state index < -0.39 is 4.92 Å². The van der Waals surface area contributed by atoms with Crippen LogP contribution in [0, 0.1) is 24.0 Å². The first-order valence-electron chi connectivity index (χ1n) is 10.8. The molecule has 34 heavy (non-hydrogen) atoms. The van der Waals surface area contributed by atoms with Crippen LogP contribution in [0.15, 0.2) is 84.0 Å². The van der Waals surface area contributed by atoms with Crippen LogP contribution in [0.2, 0.25) is 0 Å². The SMILES string of the molecule is Cc1cc(/C=N\Nc2nc3ccccc3[nH]2)c(C)n1-c1ccc(-c2ccc([N+](=O)[O-])cc2)cc1. The number of nitro groups is 1. The van der Waals surface area contributed by atoms with Gasteiger partial charge in [-0.05, 0) is 67.4 Å². The molecule has 0 spiro atoms. The molecule has 3 aromatic carbocycles. The van der Waals surface area contributed by atoms with Gasteiger partial charge in [-0.25, -0.2) is 10.4 Å². The minimum atomic E-state index is -0.391. The smallest absolute Gasteiger partial charge is 0.269 e. The van der Waals surface area contributed by atoms with E-state index in [1.165, 1.54) is 12.1 Å². The number of H-pyrrole nitrogens is 1. The van der Waals surface area contributed by atoms with Crippen molar-refractivity contribution in [1.29, 1.82) is 0 Å². The maximum Gasteiger partial charge on any atom is 0.269 e. The van der Waals surface area contributed by atoms with E-state index in [2.05, 4.69) is 45.0 Å². The Hall–Kier alpha value is -4.72. The van der Waals surface area contributed by atoms with E-state index in [0.717, 1.165) is 44.8 Å². The van der Waals surface area contributed by atoms with Gasteiger partial charge in [0.1, 0.15) is 0 Å². The summed E-state index contributed by atoms with van der Waals surface area (Å²) >= 11 is 0. The predicted molar refractivity (Wildman–Crippen MR) is 135 cm³/mol. The van der Waals surface area contributed by atoms with E-state index >= 15 is 0 Å². The van der Waals surface area contributed by atoms with Gasteiger partial charge < -0.3 is 9.55 Å². The van der Waals surface area contributed by atoms with Crippen molar-refractivity contribution in [3.05, 3.63) is 106 Å². The normalized spacial score (nSPS) is 11.4. The number of hydrazone groups is 1. The number of imidazole rings is 1. The Balaban J connectivity index is 1.34. The molecule has 0 unspecified atom stereocenters. The van der Waals surface area contributed by atoms with Crippen molar-refractivity contribution in [2.24, 2.45) is 5.10 Å². The number of rotatable bonds is 6. The maximum atomic E-state index is 10.9. The highest BCUT2D eigenvalue weighted by molar-refractivity contribution is 5.83. The third kappa shape index (κ3) is 4.04. The van der Waals surface area contributed by atoms with Crippen LogP contribution < -0.4 is 5.43 Å². The van der Waals surface area contributed by atoms with Crippen LogP contribution in [0.5, 0.6) is 0 Å². The summed E-state index contributed by atoms with van der Waals surface area (Å²) in [6.07, 6.45) is 1.79. The summed E-state index contributed by atoms with van der Waals surface area (Å²) in [4.78, 5) is 18.1. The molecular weight excluding hydrogens is 428 g/mol. The Morgan fingerprint density at radius 2 is 1.68 bits per heavy atom. The fourth-order valence-electron chi connectivity index (χ4n) is 4.06. The lowest BCUT2D eigenvalue weighted by molar-refractivity contribution is -0.384. The predicted octanol–water partition coefficient (Wildman–Crippen LogP) is 5.99. The summed E-state index contributed by atoms with van der Waals surface area (Å²) in [6.45, 7) is 4.11. The molecule has 2 aromatic heterocycles. The largest absolute Gasteiger partial charge is 0.323 e. The molecule has 5 rings (SSSR count). The Kier molecular flexibility index (Phi) is 5.39. The van der Waals surface area contributed by atoms with E-state index in [0.29, 0.717) is 5.95 Å². The first kappa shape index (κ1) is 21.1. The highest BCUT2D eigenvalue weighted by Gasteiger charge is 2.11. The zero-order valence-corrected chi connectivity index (χ0v) is 18.7. The van der Waals surface area contributed by atoms with Gasteiger partial charge in [-0.1, -0.05) is 24.3 Å². The van der Waals surface area contributed by atoms with Crippen LogP contribution in [0.25, 0.3) is 27.8 Å². The molecular formula is C26H22N6O2. The average Bonchev–Trinajstić information content (AvgIpc) is 3.39. The number of non-ortho nitro benzene ring substituents is 1. The molecule has 5 aromatic rings. The van der Waals surface area contributed by atoms with Crippen LogP contribution in [-0.4, -0.2) is 25.7 Å². The van der Waals surface area contributed by atoms with Gasteiger partial charge in [0, 0.05) is 34.8 Å². The number of aromatic nitrogens is 3. The lowest BCUT2D eigenvalue weighted by atomic mass is 10.0. The van der Waals surface area contributed by atoms with Gasteiger partial charge in [0.05, 0.1) is 22.2 Å². The second kappa shape index (κ2) is 8.67. The van der Waals surface area contributed by atoms with Crippen molar-refractivity contribution in [3.8, 4) is 16.8 Å². The maximum absolute atomic E-state index is 10.9. The zero-order chi connectivity index (χ0) is 23.7. The molecule has 8 nitrogen and oxygen atoms in total. The summed E-state index contributed by atoms with van der Waals surface area (Å²) < 4.78 is 2.17. The summed E-state index contributed by atoms with van der Waals surface area (Å²) in [5.41, 5.74) is 11.0. The van der Waals surface area contributed by atoms with Crippen LogP contribution in [0.3, 0.4) is 0 Å². The van der Waals surface area contributed by atoms with E-state index in [9.17, 15) is 10.1 Å². The minimum Gasteiger partial charge on any atom is -0.323 e. The first-order valence-corrected chi connectivity index (χ1v) is 10.8. The molecule has 2 heterocycles. The van der Waals surface area contributed by atoms with Crippen molar-refractivity contribution in [2.45, 2.75) is 13.8 Å². The number of nitrogens with zero attached hydrogens (tertiary/aromatic N) is 4. The monoisotopic (exact) mass is 450 g/mol. The molecule has 0 aliphatic rings. The van der Waals surface area contributed by atoms with Crippen molar-refractivity contribution in [3.63, 3.8) is 0 Å². The van der Waals surface area contributed by atoms with E-state index in [-0.39, 0.29) is 5.69 Å². The molecule has 0 saturated carbocycles. The quantitative estimate of drug-likeness (QED) is 0.188. The number of nitrogens with one attached hydrogen (secondary N) is 2. The number of aromatic amines is 1. The van der Waals surface area contributed by atoms with Gasteiger partial charge in [0.2, 0.25) is 5.95 Å². The number of para-hydroxylation sites is 2. The van der Waals surface area contributed by atoms with Crippen molar-refractivity contribution < 1.29 is 4.92 Å². The first-order chi connectivity index (χ1) is 16.5. The van der Waals surface area contributed by atoms with Crippen LogP contribution >= 0.6 is 0 Å². The Labute approximate surface area is 195 Å². The van der Waals surface area contributed by atoms with E-state index in [4.69, 9.17) is 0 Å². The summed E-state index contributed by atoms with van der Waals surface area (Å²) in [7, 11) is 0. The number of nitro benzene ring substituents is 1.